The zero-order chi connectivity index (χ0) is 11.9. The lowest BCUT2D eigenvalue weighted by molar-refractivity contribution is -0.135. The maximum absolute atomic E-state index is 11.1. The van der Waals surface area contributed by atoms with E-state index in [4.69, 9.17) is 20.2 Å². The van der Waals surface area contributed by atoms with E-state index >= 15 is 0 Å². The van der Waals surface area contributed by atoms with Gasteiger partial charge in [-0.1, -0.05) is 0 Å². The fourth-order valence-corrected chi connectivity index (χ4v) is 1.50. The van der Waals surface area contributed by atoms with Crippen molar-refractivity contribution in [3.05, 3.63) is 0 Å². The number of carboxylic acid groups (broad SMARTS) is 1. The third-order valence-electron chi connectivity index (χ3n) is 1.27. The molecule has 0 aliphatic rings. The minimum atomic E-state index is -3.96. The van der Waals surface area contributed by atoms with Crippen molar-refractivity contribution in [2.75, 3.05) is 26.0 Å². The molecule has 0 spiro atoms. The first-order valence-electron chi connectivity index (χ1n) is 4.05. The van der Waals surface area contributed by atoms with Crippen LogP contribution in [0.5, 0.6) is 0 Å². The van der Waals surface area contributed by atoms with Gasteiger partial charge in [0, 0.05) is 0 Å². The topological polar surface area (TPSA) is 136 Å². The standard InChI is InChI=1S/C6H14NO7P/c8-2-5(9)3-14-15(12,13)4-7-1-6(10)11/h5,7-9H,1-4H2,(H,10,11)(H,12,13). The summed E-state index contributed by atoms with van der Waals surface area (Å²) in [5.74, 6) is -1.16. The van der Waals surface area contributed by atoms with Crippen LogP contribution in [0.3, 0.4) is 0 Å². The number of nitrogens with one attached hydrogen (secondary N) is 1. The van der Waals surface area contributed by atoms with Crippen LogP contribution in [-0.4, -0.2) is 58.3 Å². The van der Waals surface area contributed by atoms with E-state index in [9.17, 15) is 9.36 Å². The molecule has 0 saturated heterocycles. The van der Waals surface area contributed by atoms with Crippen molar-refractivity contribution >= 4 is 13.6 Å². The first-order valence-corrected chi connectivity index (χ1v) is 5.81. The number of aliphatic hydroxyl groups is 2. The SMILES string of the molecule is O=C(O)CNCP(=O)(O)OCC(O)CO. The quantitative estimate of drug-likeness (QED) is 0.314. The maximum atomic E-state index is 11.1. The third-order valence-corrected chi connectivity index (χ3v) is 2.44. The molecule has 0 aromatic rings. The maximum Gasteiger partial charge on any atom is 0.341 e. The molecule has 2 unspecified atom stereocenters. The molecule has 5 N–H and O–H groups in total. The Morgan fingerprint density at radius 3 is 2.60 bits per heavy atom. The van der Waals surface area contributed by atoms with E-state index in [0.29, 0.717) is 0 Å². The van der Waals surface area contributed by atoms with Crippen LogP contribution in [0.1, 0.15) is 0 Å². The van der Waals surface area contributed by atoms with Gasteiger partial charge in [-0.25, -0.2) is 0 Å². The molecule has 0 aliphatic carbocycles. The average Bonchev–Trinajstić information content (AvgIpc) is 2.13. The Morgan fingerprint density at radius 1 is 1.53 bits per heavy atom. The molecule has 0 aliphatic heterocycles. The molecule has 0 heterocycles. The van der Waals surface area contributed by atoms with Crippen LogP contribution in [0.15, 0.2) is 0 Å². The normalized spacial score (nSPS) is 17.0. The second kappa shape index (κ2) is 6.89. The largest absolute Gasteiger partial charge is 0.480 e. The second-order valence-corrected chi connectivity index (χ2v) is 4.60. The molecule has 0 aromatic heterocycles. The number of rotatable bonds is 8. The Morgan fingerprint density at radius 2 is 2.13 bits per heavy atom. The molecular weight excluding hydrogens is 229 g/mol. The summed E-state index contributed by atoms with van der Waals surface area (Å²) in [4.78, 5) is 19.1. The van der Waals surface area contributed by atoms with Gasteiger partial charge in [0.2, 0.25) is 0 Å². The van der Waals surface area contributed by atoms with Crippen molar-refractivity contribution in [2.45, 2.75) is 6.10 Å². The van der Waals surface area contributed by atoms with Gasteiger partial charge in [0.1, 0.15) is 6.10 Å². The Kier molecular flexibility index (Phi) is 6.66. The lowest BCUT2D eigenvalue weighted by Crippen LogP contribution is -2.25. The first-order chi connectivity index (χ1) is 6.87. The van der Waals surface area contributed by atoms with Crippen molar-refractivity contribution in [3.8, 4) is 0 Å². The number of aliphatic carboxylic acids is 1. The monoisotopic (exact) mass is 243 g/mol. The molecule has 0 amide bonds. The summed E-state index contributed by atoms with van der Waals surface area (Å²) in [5.41, 5.74) is 0. The molecule has 2 atom stereocenters. The lowest BCUT2D eigenvalue weighted by Gasteiger charge is -2.14. The van der Waals surface area contributed by atoms with Crippen LogP contribution in [0.2, 0.25) is 0 Å². The van der Waals surface area contributed by atoms with Gasteiger partial charge in [0.25, 0.3) is 0 Å². The van der Waals surface area contributed by atoms with E-state index in [2.05, 4.69) is 9.84 Å². The highest BCUT2D eigenvalue weighted by Crippen LogP contribution is 2.40. The van der Waals surface area contributed by atoms with E-state index in [1.165, 1.54) is 0 Å². The summed E-state index contributed by atoms with van der Waals surface area (Å²) in [7, 11) is -3.96. The predicted octanol–water partition coefficient (Wildman–Crippen LogP) is -1.83. The van der Waals surface area contributed by atoms with E-state index in [0.717, 1.165) is 0 Å². The van der Waals surface area contributed by atoms with Gasteiger partial charge in [-0.2, -0.15) is 0 Å². The highest BCUT2D eigenvalue weighted by molar-refractivity contribution is 7.52. The van der Waals surface area contributed by atoms with Gasteiger partial charge in [0.15, 0.2) is 0 Å². The molecule has 0 aromatic carbocycles. The Hall–Kier alpha value is -0.500. The van der Waals surface area contributed by atoms with Crippen molar-refractivity contribution < 1.29 is 34.1 Å². The Bertz CT molecular complexity index is 246. The zero-order valence-electron chi connectivity index (χ0n) is 7.87. The van der Waals surface area contributed by atoms with E-state index < -0.39 is 45.7 Å². The van der Waals surface area contributed by atoms with Crippen molar-refractivity contribution in [1.29, 1.82) is 0 Å². The van der Waals surface area contributed by atoms with Crippen LogP contribution in [0.25, 0.3) is 0 Å². The highest BCUT2D eigenvalue weighted by Gasteiger charge is 2.20. The molecule has 15 heavy (non-hydrogen) atoms. The Balaban J connectivity index is 3.76. The molecule has 0 radical (unpaired) electrons. The van der Waals surface area contributed by atoms with Gasteiger partial charge in [-0.05, 0) is 0 Å². The lowest BCUT2D eigenvalue weighted by atomic mass is 10.4. The van der Waals surface area contributed by atoms with Gasteiger partial charge in [-0.3, -0.25) is 14.7 Å². The predicted molar refractivity (Wildman–Crippen MR) is 49.4 cm³/mol. The molecule has 0 saturated carbocycles. The van der Waals surface area contributed by atoms with Gasteiger partial charge in [0.05, 0.1) is 26.0 Å². The first kappa shape index (κ1) is 14.5. The van der Waals surface area contributed by atoms with Crippen LogP contribution < -0.4 is 5.32 Å². The average molecular weight is 243 g/mol. The van der Waals surface area contributed by atoms with Crippen LogP contribution in [0.4, 0.5) is 0 Å². The number of carboxylic acids is 1. The summed E-state index contributed by atoms with van der Waals surface area (Å²) < 4.78 is 15.5. The van der Waals surface area contributed by atoms with Crippen molar-refractivity contribution in [3.63, 3.8) is 0 Å². The number of aliphatic hydroxyl groups excluding tert-OH is 2. The van der Waals surface area contributed by atoms with Crippen LogP contribution >= 0.6 is 7.60 Å². The third kappa shape index (κ3) is 8.49. The number of hydrogen-bond donors (Lipinski definition) is 5. The second-order valence-electron chi connectivity index (χ2n) is 2.75. The summed E-state index contributed by atoms with van der Waals surface area (Å²) >= 11 is 0. The summed E-state index contributed by atoms with van der Waals surface area (Å²) in [6.45, 7) is -1.53. The molecule has 90 valence electrons. The molecule has 8 nitrogen and oxygen atoms in total. The van der Waals surface area contributed by atoms with Gasteiger partial charge in [-0.15, -0.1) is 0 Å². The zero-order valence-corrected chi connectivity index (χ0v) is 8.76. The van der Waals surface area contributed by atoms with Gasteiger partial charge >= 0.3 is 13.6 Å². The van der Waals surface area contributed by atoms with E-state index in [-0.39, 0.29) is 0 Å². The van der Waals surface area contributed by atoms with E-state index in [1.807, 2.05) is 0 Å². The minimum absolute atomic E-state index is 0.462. The van der Waals surface area contributed by atoms with Crippen molar-refractivity contribution in [2.24, 2.45) is 0 Å². The van der Waals surface area contributed by atoms with Gasteiger partial charge < -0.3 is 24.7 Å². The van der Waals surface area contributed by atoms with Crippen LogP contribution in [0, 0.1) is 0 Å². The van der Waals surface area contributed by atoms with Crippen molar-refractivity contribution in [1.82, 2.24) is 5.32 Å². The molecule has 0 rings (SSSR count). The highest BCUT2D eigenvalue weighted by atomic mass is 31.2. The molecule has 0 bridgehead atoms. The summed E-state index contributed by atoms with van der Waals surface area (Å²) in [5, 5.41) is 27.6. The smallest absolute Gasteiger partial charge is 0.341 e. The van der Waals surface area contributed by atoms with E-state index in [1.54, 1.807) is 0 Å². The fraction of sp³-hybridized carbons (Fsp3) is 0.833. The van der Waals surface area contributed by atoms with Crippen LogP contribution in [-0.2, 0) is 13.9 Å². The number of hydrogen-bond acceptors (Lipinski definition) is 6. The molecular formula is C6H14NO7P. The molecule has 9 heteroatoms. The fourth-order valence-electron chi connectivity index (χ4n) is 0.605. The summed E-state index contributed by atoms with van der Waals surface area (Å²) in [6.07, 6.45) is -1.76. The summed E-state index contributed by atoms with van der Waals surface area (Å²) in [6, 6.07) is 0. The number of carbonyl (C=O) groups is 1. The minimum Gasteiger partial charge on any atom is -0.480 e. The molecule has 0 fully saturated rings. The Labute approximate surface area is 86.0 Å².